The summed E-state index contributed by atoms with van der Waals surface area (Å²) in [7, 11) is 0. The summed E-state index contributed by atoms with van der Waals surface area (Å²) in [5.41, 5.74) is 4.31. The molecule has 0 spiro atoms. The molecule has 0 bridgehead atoms. The lowest BCUT2D eigenvalue weighted by Gasteiger charge is -2.06. The predicted octanol–water partition coefficient (Wildman–Crippen LogP) is 4.77. The van der Waals surface area contributed by atoms with Crippen LogP contribution in [0.5, 0.6) is 5.75 Å². The lowest BCUT2D eigenvalue weighted by molar-refractivity contribution is 0.104. The van der Waals surface area contributed by atoms with E-state index >= 15 is 0 Å². The van der Waals surface area contributed by atoms with Crippen molar-refractivity contribution in [1.82, 2.24) is 9.78 Å². The topological polar surface area (TPSA) is 57.3 Å². The molecule has 0 saturated carbocycles. The average molecular weight is 376 g/mol. The highest BCUT2D eigenvalue weighted by Gasteiger charge is 2.12. The van der Waals surface area contributed by atoms with Gasteiger partial charge in [-0.25, -0.2) is 0 Å². The maximum Gasteiger partial charge on any atom is 0.189 e. The fraction of sp³-hybridized carbons (Fsp3) is 0.304. The predicted molar refractivity (Wildman–Crippen MR) is 108 cm³/mol. The lowest BCUT2D eigenvalue weighted by atomic mass is 10.1. The van der Waals surface area contributed by atoms with Crippen molar-refractivity contribution in [2.24, 2.45) is 0 Å². The first-order valence-corrected chi connectivity index (χ1v) is 9.72. The molecule has 3 aromatic rings. The number of fused-ring (bicyclic) bond motifs is 1. The molecule has 28 heavy (non-hydrogen) atoms. The van der Waals surface area contributed by atoms with Gasteiger partial charge in [-0.05, 0) is 80.7 Å². The molecule has 0 saturated heterocycles. The number of allylic oxidation sites excluding steroid dienone is 1. The third-order valence-corrected chi connectivity index (χ3v) is 5.20. The summed E-state index contributed by atoms with van der Waals surface area (Å²) in [6.07, 6.45) is 8.35. The average Bonchev–Trinajstić information content (AvgIpc) is 3.43. The van der Waals surface area contributed by atoms with Crippen molar-refractivity contribution in [3.63, 3.8) is 0 Å². The fourth-order valence-corrected chi connectivity index (χ4v) is 3.61. The number of carbonyl (C=O) groups is 1. The number of ketones is 1. The Hall–Kier alpha value is -3.08. The van der Waals surface area contributed by atoms with Crippen LogP contribution in [0.1, 0.15) is 52.0 Å². The van der Waals surface area contributed by atoms with Gasteiger partial charge in [0.05, 0.1) is 11.8 Å². The van der Waals surface area contributed by atoms with E-state index in [1.807, 2.05) is 36.7 Å². The second-order valence-electron chi connectivity index (χ2n) is 7.03. The molecule has 0 aliphatic heterocycles. The molecule has 1 aromatic carbocycles. The fourth-order valence-electron chi connectivity index (χ4n) is 3.61. The maximum absolute atomic E-state index is 12.4. The second kappa shape index (κ2) is 7.89. The van der Waals surface area contributed by atoms with E-state index in [0.717, 1.165) is 30.2 Å². The quantitative estimate of drug-likeness (QED) is 0.440. The van der Waals surface area contributed by atoms with Gasteiger partial charge in [-0.1, -0.05) is 6.07 Å². The van der Waals surface area contributed by atoms with Crippen molar-refractivity contribution in [2.75, 3.05) is 0 Å². The van der Waals surface area contributed by atoms with Crippen molar-refractivity contribution in [2.45, 2.75) is 46.3 Å². The van der Waals surface area contributed by atoms with Gasteiger partial charge in [-0.3, -0.25) is 9.48 Å². The highest BCUT2D eigenvalue weighted by atomic mass is 16.5. The number of furan rings is 1. The zero-order valence-corrected chi connectivity index (χ0v) is 16.3. The standard InChI is InChI=1S/C23H24N2O3/c1-3-25-16(2)22(14-24-25)23(26)12-11-19-9-10-21(28-19)15-27-20-8-7-17-5-4-6-18(17)13-20/h7-14H,3-6,15H2,1-2H3. The Labute approximate surface area is 164 Å². The summed E-state index contributed by atoms with van der Waals surface area (Å²) in [6, 6.07) is 10.0. The van der Waals surface area contributed by atoms with Crippen LogP contribution in [0.25, 0.3) is 6.08 Å². The molecule has 5 heteroatoms. The summed E-state index contributed by atoms with van der Waals surface area (Å²) in [6.45, 7) is 5.01. The molecule has 0 amide bonds. The lowest BCUT2D eigenvalue weighted by Crippen LogP contribution is -2.01. The zero-order chi connectivity index (χ0) is 19.5. The molecule has 4 rings (SSSR count). The molecule has 1 aliphatic rings. The van der Waals surface area contributed by atoms with Crippen molar-refractivity contribution in [3.05, 3.63) is 76.5 Å². The molecule has 5 nitrogen and oxygen atoms in total. The number of carbonyl (C=O) groups excluding carboxylic acids is 1. The van der Waals surface area contributed by atoms with Crippen LogP contribution in [-0.4, -0.2) is 15.6 Å². The van der Waals surface area contributed by atoms with Gasteiger partial charge in [-0.2, -0.15) is 5.10 Å². The van der Waals surface area contributed by atoms with Gasteiger partial charge < -0.3 is 9.15 Å². The molecular formula is C23H24N2O3. The summed E-state index contributed by atoms with van der Waals surface area (Å²) in [5, 5.41) is 4.21. The number of hydrogen-bond acceptors (Lipinski definition) is 4. The molecule has 0 atom stereocenters. The van der Waals surface area contributed by atoms with Gasteiger partial charge in [0.25, 0.3) is 0 Å². The first-order valence-electron chi connectivity index (χ1n) is 9.72. The molecule has 2 heterocycles. The van der Waals surface area contributed by atoms with Crippen LogP contribution in [0.4, 0.5) is 0 Å². The largest absolute Gasteiger partial charge is 0.486 e. The van der Waals surface area contributed by atoms with E-state index in [9.17, 15) is 4.79 Å². The van der Waals surface area contributed by atoms with E-state index in [0.29, 0.717) is 17.9 Å². The van der Waals surface area contributed by atoms with E-state index in [-0.39, 0.29) is 5.78 Å². The molecule has 2 aromatic heterocycles. The Morgan fingerprint density at radius 1 is 1.25 bits per heavy atom. The molecule has 0 radical (unpaired) electrons. The molecular weight excluding hydrogens is 352 g/mol. The van der Waals surface area contributed by atoms with Gasteiger partial charge >= 0.3 is 0 Å². The number of hydrogen-bond donors (Lipinski definition) is 0. The summed E-state index contributed by atoms with van der Waals surface area (Å²) < 4.78 is 13.4. The number of ether oxygens (including phenoxy) is 1. The SMILES string of the molecule is CCn1ncc(C(=O)C=Cc2ccc(COc3ccc4c(c3)CCC4)o2)c1C. The number of aryl methyl sites for hydroxylation is 3. The Kier molecular flexibility index (Phi) is 5.15. The van der Waals surface area contributed by atoms with Crippen molar-refractivity contribution in [1.29, 1.82) is 0 Å². The van der Waals surface area contributed by atoms with Gasteiger partial charge in [0, 0.05) is 12.2 Å². The smallest absolute Gasteiger partial charge is 0.189 e. The maximum atomic E-state index is 12.4. The van der Waals surface area contributed by atoms with Crippen LogP contribution in [-0.2, 0) is 26.0 Å². The summed E-state index contributed by atoms with van der Waals surface area (Å²) in [4.78, 5) is 12.4. The monoisotopic (exact) mass is 376 g/mol. The first-order chi connectivity index (χ1) is 13.6. The van der Waals surface area contributed by atoms with Crippen molar-refractivity contribution < 1.29 is 13.9 Å². The molecule has 144 valence electrons. The van der Waals surface area contributed by atoms with Crippen LogP contribution in [0.2, 0.25) is 0 Å². The number of benzene rings is 1. The highest BCUT2D eigenvalue weighted by molar-refractivity contribution is 6.07. The number of rotatable bonds is 7. The number of nitrogens with zero attached hydrogens (tertiary/aromatic N) is 2. The molecule has 1 aliphatic carbocycles. The molecule has 0 fully saturated rings. The van der Waals surface area contributed by atoms with Crippen LogP contribution in [0.15, 0.2) is 47.0 Å². The van der Waals surface area contributed by atoms with Crippen LogP contribution in [0.3, 0.4) is 0 Å². The van der Waals surface area contributed by atoms with E-state index in [2.05, 4.69) is 17.2 Å². The minimum Gasteiger partial charge on any atom is -0.486 e. The van der Waals surface area contributed by atoms with Gasteiger partial charge in [0.2, 0.25) is 0 Å². The Morgan fingerprint density at radius 3 is 2.93 bits per heavy atom. The molecule has 0 unspecified atom stereocenters. The Balaban J connectivity index is 1.36. The third kappa shape index (κ3) is 3.79. The number of aromatic nitrogens is 2. The normalized spacial score (nSPS) is 13.2. The van der Waals surface area contributed by atoms with Crippen molar-refractivity contribution >= 4 is 11.9 Å². The molecule has 0 N–H and O–H groups in total. The van der Waals surface area contributed by atoms with E-state index in [4.69, 9.17) is 9.15 Å². The third-order valence-electron chi connectivity index (χ3n) is 5.20. The zero-order valence-electron chi connectivity index (χ0n) is 16.3. The van der Waals surface area contributed by atoms with Gasteiger partial charge in [0.15, 0.2) is 5.78 Å². The minimum atomic E-state index is -0.0791. The summed E-state index contributed by atoms with van der Waals surface area (Å²) in [5.74, 6) is 2.14. The van der Waals surface area contributed by atoms with Gasteiger partial charge in [-0.15, -0.1) is 0 Å². The van der Waals surface area contributed by atoms with E-state index in [1.54, 1.807) is 12.3 Å². The van der Waals surface area contributed by atoms with E-state index < -0.39 is 0 Å². The van der Waals surface area contributed by atoms with Gasteiger partial charge in [0.1, 0.15) is 23.9 Å². The van der Waals surface area contributed by atoms with Crippen LogP contribution < -0.4 is 4.74 Å². The van der Waals surface area contributed by atoms with E-state index in [1.165, 1.54) is 30.0 Å². The minimum absolute atomic E-state index is 0.0791. The van der Waals surface area contributed by atoms with Crippen molar-refractivity contribution in [3.8, 4) is 5.75 Å². The second-order valence-corrected chi connectivity index (χ2v) is 7.03. The highest BCUT2D eigenvalue weighted by Crippen LogP contribution is 2.26. The summed E-state index contributed by atoms with van der Waals surface area (Å²) >= 11 is 0. The Morgan fingerprint density at radius 2 is 2.11 bits per heavy atom. The van der Waals surface area contributed by atoms with Crippen LogP contribution in [0, 0.1) is 6.92 Å². The first kappa shape index (κ1) is 18.3. The van der Waals surface area contributed by atoms with Crippen LogP contribution >= 0.6 is 0 Å². The Bertz CT molecular complexity index is 1030.